The maximum atomic E-state index is 11.8. The van der Waals surface area contributed by atoms with E-state index in [1.54, 1.807) is 7.11 Å². The Morgan fingerprint density at radius 1 is 1.50 bits per heavy atom. The molecule has 1 aliphatic heterocycles. The summed E-state index contributed by atoms with van der Waals surface area (Å²) in [6, 6.07) is 7.01. The number of nitrogens with zero attached hydrogens (tertiary/aromatic N) is 1. The number of piperazine rings is 1. The molecule has 2 rings (SSSR count). The number of hydrogen-bond donors (Lipinski definition) is 2. The molecule has 1 amide bonds. The first-order chi connectivity index (χ1) is 10.6. The average Bonchev–Trinajstić information content (AvgIpc) is 2.50. The molecule has 22 heavy (non-hydrogen) atoms. The highest BCUT2D eigenvalue weighted by Crippen LogP contribution is 2.19. The molecule has 1 heterocycles. The van der Waals surface area contributed by atoms with Crippen LogP contribution in [0.25, 0.3) is 6.08 Å². The molecule has 1 saturated heterocycles. The van der Waals surface area contributed by atoms with Gasteiger partial charge in [0.1, 0.15) is 5.75 Å². The molecule has 0 saturated carbocycles. The number of rotatable bonds is 6. The van der Waals surface area contributed by atoms with E-state index in [1.165, 1.54) is 0 Å². The lowest BCUT2D eigenvalue weighted by atomic mass is 10.1. The van der Waals surface area contributed by atoms with Crippen molar-refractivity contribution >= 4 is 18.0 Å². The van der Waals surface area contributed by atoms with Crippen molar-refractivity contribution in [1.29, 1.82) is 0 Å². The van der Waals surface area contributed by atoms with E-state index in [4.69, 9.17) is 9.84 Å². The van der Waals surface area contributed by atoms with E-state index in [0.29, 0.717) is 19.6 Å². The summed E-state index contributed by atoms with van der Waals surface area (Å²) in [5.41, 5.74) is 0.946. The van der Waals surface area contributed by atoms with Crippen molar-refractivity contribution in [3.8, 4) is 5.75 Å². The molecule has 1 aliphatic rings. The number of carbonyl (C=O) groups is 2. The van der Waals surface area contributed by atoms with Crippen molar-refractivity contribution in [3.05, 3.63) is 35.9 Å². The van der Waals surface area contributed by atoms with Crippen LogP contribution in [0.4, 0.5) is 0 Å². The van der Waals surface area contributed by atoms with Crippen molar-refractivity contribution in [2.75, 3.05) is 26.7 Å². The first kappa shape index (κ1) is 16.0. The molecule has 1 aromatic rings. The minimum absolute atomic E-state index is 0.186. The normalized spacial score (nSPS) is 19.1. The third-order valence-electron chi connectivity index (χ3n) is 3.59. The van der Waals surface area contributed by atoms with E-state index in [0.717, 1.165) is 11.3 Å². The lowest BCUT2D eigenvalue weighted by Crippen LogP contribution is -2.55. The number of nitrogens with one attached hydrogen (secondary N) is 1. The summed E-state index contributed by atoms with van der Waals surface area (Å²) in [5, 5.41) is 11.6. The molecule has 1 fully saturated rings. The second kappa shape index (κ2) is 7.61. The zero-order valence-electron chi connectivity index (χ0n) is 12.5. The Balaban J connectivity index is 2.03. The average molecular weight is 304 g/mol. The van der Waals surface area contributed by atoms with Crippen LogP contribution in [0.3, 0.4) is 0 Å². The molecule has 6 heteroatoms. The first-order valence-electron chi connectivity index (χ1n) is 7.15. The molecule has 0 aromatic heterocycles. The number of carbonyl (C=O) groups excluding carboxylic acids is 1. The minimum atomic E-state index is -0.972. The topological polar surface area (TPSA) is 78.9 Å². The molecule has 1 aromatic carbocycles. The van der Waals surface area contributed by atoms with Crippen molar-refractivity contribution < 1.29 is 19.4 Å². The number of carboxylic acids is 1. The van der Waals surface area contributed by atoms with E-state index in [-0.39, 0.29) is 12.3 Å². The summed E-state index contributed by atoms with van der Waals surface area (Å²) in [4.78, 5) is 24.6. The number of benzene rings is 1. The summed E-state index contributed by atoms with van der Waals surface area (Å²) >= 11 is 0. The fourth-order valence-electron chi connectivity index (χ4n) is 2.49. The first-order valence-corrected chi connectivity index (χ1v) is 7.15. The predicted octanol–water partition coefficient (Wildman–Crippen LogP) is 0.983. The molecular formula is C16H20N2O4. The van der Waals surface area contributed by atoms with Gasteiger partial charge in [0.2, 0.25) is 5.91 Å². The SMILES string of the molecule is COc1ccccc1/C=C\CN1CCNC(=O)[C@H]1CC(=O)O. The van der Waals surface area contributed by atoms with Gasteiger partial charge < -0.3 is 15.2 Å². The molecule has 0 spiro atoms. The molecule has 118 valence electrons. The third kappa shape index (κ3) is 4.08. The summed E-state index contributed by atoms with van der Waals surface area (Å²) in [6.45, 7) is 1.70. The Kier molecular flexibility index (Phi) is 5.55. The number of hydrogen-bond acceptors (Lipinski definition) is 4. The molecule has 0 bridgehead atoms. The molecular weight excluding hydrogens is 284 g/mol. The van der Waals surface area contributed by atoms with Crippen LogP contribution in [-0.4, -0.2) is 54.7 Å². The smallest absolute Gasteiger partial charge is 0.305 e. The second-order valence-corrected chi connectivity index (χ2v) is 5.04. The van der Waals surface area contributed by atoms with Crippen molar-refractivity contribution in [2.45, 2.75) is 12.5 Å². The van der Waals surface area contributed by atoms with Gasteiger partial charge in [-0.2, -0.15) is 0 Å². The van der Waals surface area contributed by atoms with Gasteiger partial charge in [0.15, 0.2) is 0 Å². The predicted molar refractivity (Wildman–Crippen MR) is 82.7 cm³/mol. The Labute approximate surface area is 129 Å². The van der Waals surface area contributed by atoms with Gasteiger partial charge in [-0.05, 0) is 6.07 Å². The van der Waals surface area contributed by atoms with E-state index in [1.807, 2.05) is 41.3 Å². The highest BCUT2D eigenvalue weighted by molar-refractivity contribution is 5.86. The standard InChI is InChI=1S/C16H20N2O4/c1-22-14-7-3-2-5-12(14)6-4-9-18-10-8-17-16(21)13(18)11-15(19)20/h2-7,13H,8-11H2,1H3,(H,17,21)(H,19,20)/b6-4-/t13-/m1/s1. The number of ether oxygens (including phenoxy) is 1. The molecule has 0 aliphatic carbocycles. The lowest BCUT2D eigenvalue weighted by Gasteiger charge is -2.33. The Morgan fingerprint density at radius 3 is 3.00 bits per heavy atom. The highest BCUT2D eigenvalue weighted by atomic mass is 16.5. The third-order valence-corrected chi connectivity index (χ3v) is 3.59. The second-order valence-electron chi connectivity index (χ2n) is 5.04. The van der Waals surface area contributed by atoms with E-state index in [9.17, 15) is 9.59 Å². The van der Waals surface area contributed by atoms with Crippen LogP contribution in [0.5, 0.6) is 5.75 Å². The molecule has 2 N–H and O–H groups in total. The van der Waals surface area contributed by atoms with Gasteiger partial charge >= 0.3 is 5.97 Å². The number of para-hydroxylation sites is 1. The van der Waals surface area contributed by atoms with Crippen molar-refractivity contribution in [2.24, 2.45) is 0 Å². The van der Waals surface area contributed by atoms with Crippen molar-refractivity contribution in [1.82, 2.24) is 10.2 Å². The fourth-order valence-corrected chi connectivity index (χ4v) is 2.49. The molecule has 1 atom stereocenters. The fraction of sp³-hybridized carbons (Fsp3) is 0.375. The summed E-state index contributed by atoms with van der Waals surface area (Å²) < 4.78 is 5.27. The highest BCUT2D eigenvalue weighted by Gasteiger charge is 2.30. The summed E-state index contributed by atoms with van der Waals surface area (Å²) in [6.07, 6.45) is 3.66. The van der Waals surface area contributed by atoms with Crippen LogP contribution < -0.4 is 10.1 Å². The Hall–Kier alpha value is -2.34. The van der Waals surface area contributed by atoms with E-state index in [2.05, 4.69) is 5.32 Å². The maximum absolute atomic E-state index is 11.8. The Morgan fingerprint density at radius 2 is 2.27 bits per heavy atom. The van der Waals surface area contributed by atoms with E-state index < -0.39 is 12.0 Å². The number of carboxylic acid groups (broad SMARTS) is 1. The van der Waals surface area contributed by atoms with Gasteiger partial charge in [-0.3, -0.25) is 14.5 Å². The number of methoxy groups -OCH3 is 1. The van der Waals surface area contributed by atoms with Gasteiger partial charge in [0.05, 0.1) is 19.6 Å². The number of amides is 1. The van der Waals surface area contributed by atoms with Gasteiger partial charge in [0.25, 0.3) is 0 Å². The monoisotopic (exact) mass is 304 g/mol. The van der Waals surface area contributed by atoms with Crippen molar-refractivity contribution in [3.63, 3.8) is 0 Å². The minimum Gasteiger partial charge on any atom is -0.496 e. The molecule has 0 unspecified atom stereocenters. The van der Waals surface area contributed by atoms with E-state index >= 15 is 0 Å². The summed E-state index contributed by atoms with van der Waals surface area (Å²) in [5.74, 6) is -0.419. The number of aliphatic carboxylic acids is 1. The Bertz CT molecular complexity index is 571. The van der Waals surface area contributed by atoms with Crippen LogP contribution in [0.2, 0.25) is 0 Å². The largest absolute Gasteiger partial charge is 0.496 e. The van der Waals surface area contributed by atoms with Gasteiger partial charge in [-0.15, -0.1) is 0 Å². The van der Waals surface area contributed by atoms with Gasteiger partial charge in [-0.25, -0.2) is 0 Å². The maximum Gasteiger partial charge on any atom is 0.305 e. The lowest BCUT2D eigenvalue weighted by molar-refractivity contribution is -0.142. The van der Waals surface area contributed by atoms with Crippen LogP contribution in [0, 0.1) is 0 Å². The van der Waals surface area contributed by atoms with Crippen LogP contribution >= 0.6 is 0 Å². The van der Waals surface area contributed by atoms with Crippen LogP contribution in [0.1, 0.15) is 12.0 Å². The summed E-state index contributed by atoms with van der Waals surface area (Å²) in [7, 11) is 1.62. The zero-order chi connectivity index (χ0) is 15.9. The quantitative estimate of drug-likeness (QED) is 0.819. The molecule has 6 nitrogen and oxygen atoms in total. The van der Waals surface area contributed by atoms with Gasteiger partial charge in [0, 0.05) is 25.2 Å². The van der Waals surface area contributed by atoms with Crippen LogP contribution in [-0.2, 0) is 9.59 Å². The van der Waals surface area contributed by atoms with Crippen LogP contribution in [0.15, 0.2) is 30.3 Å². The molecule has 0 radical (unpaired) electrons. The van der Waals surface area contributed by atoms with Gasteiger partial charge in [-0.1, -0.05) is 30.4 Å². The zero-order valence-corrected chi connectivity index (χ0v) is 12.5.